The van der Waals surface area contributed by atoms with Crippen molar-refractivity contribution in [3.05, 3.63) is 65.3 Å². The molecule has 1 fully saturated rings. The summed E-state index contributed by atoms with van der Waals surface area (Å²) in [5.41, 5.74) is 2.91. The molecule has 0 radical (unpaired) electrons. The molecule has 5 rings (SSSR count). The molecule has 4 aromatic rings. The molecule has 170 valence electrons. The molecule has 10 nitrogen and oxygen atoms in total. The van der Waals surface area contributed by atoms with Gasteiger partial charge in [0.15, 0.2) is 11.4 Å². The minimum absolute atomic E-state index is 0.0302. The van der Waals surface area contributed by atoms with Gasteiger partial charge in [-0.2, -0.15) is 5.10 Å². The molecule has 2 aromatic carbocycles. The van der Waals surface area contributed by atoms with Gasteiger partial charge in [0.1, 0.15) is 0 Å². The van der Waals surface area contributed by atoms with Crippen LogP contribution < -0.4 is 20.7 Å². The van der Waals surface area contributed by atoms with Gasteiger partial charge in [-0.05, 0) is 55.3 Å². The third-order valence-electron chi connectivity index (χ3n) is 5.59. The van der Waals surface area contributed by atoms with E-state index in [0.717, 1.165) is 24.5 Å². The van der Waals surface area contributed by atoms with Gasteiger partial charge in [-0.1, -0.05) is 0 Å². The van der Waals surface area contributed by atoms with E-state index >= 15 is 0 Å². The summed E-state index contributed by atoms with van der Waals surface area (Å²) in [6.07, 6.45) is 4.11. The van der Waals surface area contributed by atoms with Crippen molar-refractivity contribution >= 4 is 44.0 Å². The Labute approximate surface area is 189 Å². The monoisotopic (exact) mass is 466 g/mol. The number of rotatable bonds is 6. The lowest BCUT2D eigenvalue weighted by molar-refractivity contribution is 0.528. The highest BCUT2D eigenvalue weighted by Crippen LogP contribution is 2.25. The number of fused-ring (bicyclic) bond motifs is 1. The third kappa shape index (κ3) is 4.27. The van der Waals surface area contributed by atoms with E-state index in [4.69, 9.17) is 4.42 Å². The number of aromatic nitrogens is 3. The highest BCUT2D eigenvalue weighted by atomic mass is 32.2. The summed E-state index contributed by atoms with van der Waals surface area (Å²) in [6, 6.07) is 13.0. The SMILES string of the molecule is Cn1c(=O)oc2ccc(S(=O)(=O)Nc3ccc(Nc4cc(N5CCCC5)cnn4)cc3)cc21. The summed E-state index contributed by atoms with van der Waals surface area (Å²) in [4.78, 5) is 14.0. The number of oxazole rings is 1. The zero-order valence-electron chi connectivity index (χ0n) is 17.9. The van der Waals surface area contributed by atoms with Crippen molar-refractivity contribution < 1.29 is 12.8 Å². The van der Waals surface area contributed by atoms with Gasteiger partial charge in [-0.3, -0.25) is 9.29 Å². The summed E-state index contributed by atoms with van der Waals surface area (Å²) < 4.78 is 34.5. The molecule has 3 heterocycles. The lowest BCUT2D eigenvalue weighted by Gasteiger charge is -2.17. The Bertz CT molecular complexity index is 1470. The van der Waals surface area contributed by atoms with Crippen molar-refractivity contribution in [3.63, 3.8) is 0 Å². The van der Waals surface area contributed by atoms with Gasteiger partial charge < -0.3 is 14.6 Å². The topological polar surface area (TPSA) is 122 Å². The van der Waals surface area contributed by atoms with Crippen molar-refractivity contribution in [3.8, 4) is 0 Å². The maximum atomic E-state index is 12.8. The quantitative estimate of drug-likeness (QED) is 0.445. The van der Waals surface area contributed by atoms with Crippen molar-refractivity contribution in [2.75, 3.05) is 28.0 Å². The summed E-state index contributed by atoms with van der Waals surface area (Å²) in [5, 5.41) is 11.4. The minimum Gasteiger partial charge on any atom is -0.408 e. The molecule has 0 spiro atoms. The fourth-order valence-electron chi connectivity index (χ4n) is 3.82. The summed E-state index contributed by atoms with van der Waals surface area (Å²) >= 11 is 0. The average Bonchev–Trinajstić information content (AvgIpc) is 3.44. The maximum absolute atomic E-state index is 12.8. The molecule has 0 unspecified atom stereocenters. The van der Waals surface area contributed by atoms with E-state index < -0.39 is 15.8 Å². The number of hydrogen-bond acceptors (Lipinski definition) is 8. The normalized spacial score (nSPS) is 14.0. The van der Waals surface area contributed by atoms with Crippen LogP contribution in [-0.4, -0.2) is 36.3 Å². The van der Waals surface area contributed by atoms with Gasteiger partial charge in [0.05, 0.1) is 22.3 Å². The summed E-state index contributed by atoms with van der Waals surface area (Å²) in [5.74, 6) is 0.0676. The molecule has 2 aromatic heterocycles. The van der Waals surface area contributed by atoms with E-state index in [0.29, 0.717) is 22.6 Å². The van der Waals surface area contributed by atoms with Crippen molar-refractivity contribution in [1.29, 1.82) is 0 Å². The number of aryl methyl sites for hydroxylation is 1. The van der Waals surface area contributed by atoms with Crippen LogP contribution in [0.15, 0.2) is 68.8 Å². The predicted molar refractivity (Wildman–Crippen MR) is 125 cm³/mol. The maximum Gasteiger partial charge on any atom is 0.419 e. The average molecular weight is 467 g/mol. The van der Waals surface area contributed by atoms with Crippen LogP contribution >= 0.6 is 0 Å². The first-order valence-corrected chi connectivity index (χ1v) is 11.9. The minimum atomic E-state index is -3.85. The first-order valence-electron chi connectivity index (χ1n) is 10.5. The highest BCUT2D eigenvalue weighted by molar-refractivity contribution is 7.92. The van der Waals surface area contributed by atoms with Crippen LogP contribution in [0.4, 0.5) is 22.9 Å². The van der Waals surface area contributed by atoms with E-state index in [1.807, 2.05) is 6.07 Å². The second-order valence-electron chi connectivity index (χ2n) is 7.86. The molecular weight excluding hydrogens is 444 g/mol. The Kier molecular flexibility index (Phi) is 5.25. The lowest BCUT2D eigenvalue weighted by Crippen LogP contribution is -2.18. The van der Waals surface area contributed by atoms with Crippen LogP contribution in [0.1, 0.15) is 12.8 Å². The number of benzene rings is 2. The first kappa shape index (κ1) is 21.0. The highest BCUT2D eigenvalue weighted by Gasteiger charge is 2.17. The number of hydrogen-bond donors (Lipinski definition) is 2. The molecule has 0 aliphatic carbocycles. The zero-order valence-corrected chi connectivity index (χ0v) is 18.7. The fourth-order valence-corrected chi connectivity index (χ4v) is 4.90. The van der Waals surface area contributed by atoms with Crippen LogP contribution in [0, 0.1) is 0 Å². The van der Waals surface area contributed by atoms with Crippen molar-refractivity contribution in [2.45, 2.75) is 17.7 Å². The number of nitrogens with one attached hydrogen (secondary N) is 2. The fraction of sp³-hybridized carbons (Fsp3) is 0.227. The van der Waals surface area contributed by atoms with Crippen LogP contribution in [-0.2, 0) is 17.1 Å². The van der Waals surface area contributed by atoms with Gasteiger partial charge in [0.2, 0.25) is 0 Å². The molecule has 0 bridgehead atoms. The Morgan fingerprint density at radius 3 is 2.48 bits per heavy atom. The smallest absolute Gasteiger partial charge is 0.408 e. The Morgan fingerprint density at radius 1 is 1.00 bits per heavy atom. The Hall–Kier alpha value is -3.86. The largest absolute Gasteiger partial charge is 0.419 e. The molecule has 1 saturated heterocycles. The number of nitrogens with zero attached hydrogens (tertiary/aromatic N) is 4. The van der Waals surface area contributed by atoms with Gasteiger partial charge in [0, 0.05) is 37.6 Å². The molecule has 0 atom stereocenters. The first-order chi connectivity index (χ1) is 15.9. The van der Waals surface area contributed by atoms with Crippen molar-refractivity contribution in [1.82, 2.24) is 14.8 Å². The van der Waals surface area contributed by atoms with E-state index in [-0.39, 0.29) is 4.90 Å². The Balaban J connectivity index is 1.31. The third-order valence-corrected chi connectivity index (χ3v) is 6.97. The number of sulfonamides is 1. The summed E-state index contributed by atoms with van der Waals surface area (Å²) in [7, 11) is -2.33. The van der Waals surface area contributed by atoms with Gasteiger partial charge in [-0.25, -0.2) is 13.2 Å². The molecule has 0 saturated carbocycles. The van der Waals surface area contributed by atoms with E-state index in [1.54, 1.807) is 30.5 Å². The number of anilines is 4. The Morgan fingerprint density at radius 2 is 1.73 bits per heavy atom. The molecule has 0 amide bonds. The summed E-state index contributed by atoms with van der Waals surface area (Å²) in [6.45, 7) is 2.04. The van der Waals surface area contributed by atoms with Crippen molar-refractivity contribution in [2.24, 2.45) is 7.05 Å². The molecule has 11 heteroatoms. The molecular formula is C22H22N6O4S. The predicted octanol–water partition coefficient (Wildman–Crippen LogP) is 3.07. The zero-order chi connectivity index (χ0) is 23.0. The van der Waals surface area contributed by atoms with Crippen LogP contribution in [0.5, 0.6) is 0 Å². The van der Waals surface area contributed by atoms with E-state index in [1.165, 1.54) is 42.7 Å². The van der Waals surface area contributed by atoms with Crippen LogP contribution in [0.3, 0.4) is 0 Å². The lowest BCUT2D eigenvalue weighted by atomic mass is 10.3. The second-order valence-corrected chi connectivity index (χ2v) is 9.54. The molecule has 1 aliphatic heterocycles. The van der Waals surface area contributed by atoms with Gasteiger partial charge in [-0.15, -0.1) is 5.10 Å². The molecule has 33 heavy (non-hydrogen) atoms. The van der Waals surface area contributed by atoms with E-state index in [9.17, 15) is 13.2 Å². The molecule has 2 N–H and O–H groups in total. The van der Waals surface area contributed by atoms with Crippen LogP contribution in [0.2, 0.25) is 0 Å². The van der Waals surface area contributed by atoms with Crippen LogP contribution in [0.25, 0.3) is 11.1 Å². The molecule has 1 aliphatic rings. The van der Waals surface area contributed by atoms with E-state index in [2.05, 4.69) is 25.1 Å². The second kappa shape index (κ2) is 8.24. The standard InChI is InChI=1S/C22H22N6O4S/c1-27-19-13-18(8-9-20(19)32-22(27)29)33(30,31)26-16-6-4-15(5-7-16)24-21-12-17(14-23-25-21)28-10-2-3-11-28/h4-9,12-14,26H,2-3,10-11H2,1H3,(H,24,25). The van der Waals surface area contributed by atoms with Gasteiger partial charge in [0.25, 0.3) is 10.0 Å². The van der Waals surface area contributed by atoms with Gasteiger partial charge >= 0.3 is 5.76 Å².